The fraction of sp³-hybridized carbons (Fsp3) is 0.857. The lowest BCUT2D eigenvalue weighted by molar-refractivity contribution is 0.559. The van der Waals surface area contributed by atoms with Crippen LogP contribution in [0.25, 0.3) is 0 Å². The molecule has 0 saturated heterocycles. The van der Waals surface area contributed by atoms with Crippen LogP contribution in [0, 0.1) is 0 Å². The molecular weight excluding hydrogens is 246 g/mol. The standard InChI is InChI=1S/C14H27NO2S/c1-12(6-5-10-15-13-7-8-13)9-11-18(16,17)14(2,3)4/h6,13,15H,5,7-11H2,1-4H3. The summed E-state index contributed by atoms with van der Waals surface area (Å²) in [6.07, 6.45) is 6.44. The van der Waals surface area contributed by atoms with Gasteiger partial charge in [0, 0.05) is 6.04 Å². The zero-order valence-corrected chi connectivity index (χ0v) is 12.9. The highest BCUT2D eigenvalue weighted by Crippen LogP contribution is 2.19. The Morgan fingerprint density at radius 1 is 1.33 bits per heavy atom. The first-order valence-corrected chi connectivity index (χ1v) is 8.49. The van der Waals surface area contributed by atoms with Gasteiger partial charge in [-0.2, -0.15) is 0 Å². The van der Waals surface area contributed by atoms with Crippen LogP contribution < -0.4 is 5.32 Å². The second kappa shape index (κ2) is 6.20. The molecule has 1 N–H and O–H groups in total. The highest BCUT2D eigenvalue weighted by atomic mass is 32.2. The van der Waals surface area contributed by atoms with Crippen molar-refractivity contribution in [3.05, 3.63) is 11.6 Å². The van der Waals surface area contributed by atoms with E-state index in [4.69, 9.17) is 0 Å². The highest BCUT2D eigenvalue weighted by molar-refractivity contribution is 7.92. The molecule has 0 bridgehead atoms. The van der Waals surface area contributed by atoms with Crippen molar-refractivity contribution < 1.29 is 8.42 Å². The molecule has 0 amide bonds. The van der Waals surface area contributed by atoms with Crippen LogP contribution in [0.15, 0.2) is 11.6 Å². The van der Waals surface area contributed by atoms with Crippen molar-refractivity contribution in [2.24, 2.45) is 0 Å². The van der Waals surface area contributed by atoms with Gasteiger partial charge in [0.25, 0.3) is 0 Å². The molecule has 0 spiro atoms. The molecule has 0 aromatic rings. The molecule has 1 aliphatic carbocycles. The molecule has 1 fully saturated rings. The van der Waals surface area contributed by atoms with Gasteiger partial charge >= 0.3 is 0 Å². The molecule has 106 valence electrons. The van der Waals surface area contributed by atoms with E-state index in [1.165, 1.54) is 18.4 Å². The zero-order chi connectivity index (χ0) is 13.8. The number of sulfone groups is 1. The lowest BCUT2D eigenvalue weighted by Gasteiger charge is -2.19. The molecule has 0 aromatic heterocycles. The molecule has 1 saturated carbocycles. The summed E-state index contributed by atoms with van der Waals surface area (Å²) in [6.45, 7) is 8.33. The average molecular weight is 273 g/mol. The van der Waals surface area contributed by atoms with Crippen molar-refractivity contribution in [2.45, 2.75) is 64.2 Å². The number of hydrogen-bond acceptors (Lipinski definition) is 3. The minimum atomic E-state index is -2.98. The first kappa shape index (κ1) is 15.7. The van der Waals surface area contributed by atoms with E-state index in [9.17, 15) is 8.42 Å². The monoisotopic (exact) mass is 273 g/mol. The van der Waals surface area contributed by atoms with Crippen LogP contribution in [-0.2, 0) is 9.84 Å². The second-order valence-electron chi connectivity index (χ2n) is 6.25. The Bertz CT molecular complexity index is 387. The molecule has 4 heteroatoms. The Morgan fingerprint density at radius 2 is 1.94 bits per heavy atom. The van der Waals surface area contributed by atoms with Gasteiger partial charge in [-0.05, 0) is 59.9 Å². The highest BCUT2D eigenvalue weighted by Gasteiger charge is 2.28. The van der Waals surface area contributed by atoms with Gasteiger partial charge in [-0.15, -0.1) is 0 Å². The molecule has 0 radical (unpaired) electrons. The Hall–Kier alpha value is -0.350. The van der Waals surface area contributed by atoms with Crippen LogP contribution in [0.3, 0.4) is 0 Å². The molecule has 3 nitrogen and oxygen atoms in total. The summed E-state index contributed by atoms with van der Waals surface area (Å²) in [5, 5.41) is 3.45. The van der Waals surface area contributed by atoms with Crippen molar-refractivity contribution in [2.75, 3.05) is 12.3 Å². The van der Waals surface area contributed by atoms with Gasteiger partial charge in [0.1, 0.15) is 0 Å². The third-order valence-electron chi connectivity index (χ3n) is 3.35. The normalized spacial score (nSPS) is 18.1. The van der Waals surface area contributed by atoms with E-state index in [0.29, 0.717) is 6.42 Å². The molecule has 1 rings (SSSR count). The van der Waals surface area contributed by atoms with Gasteiger partial charge in [0.2, 0.25) is 0 Å². The fourth-order valence-corrected chi connectivity index (χ4v) is 2.80. The van der Waals surface area contributed by atoms with Crippen molar-refractivity contribution in [1.29, 1.82) is 0 Å². The van der Waals surface area contributed by atoms with Crippen LogP contribution in [0.5, 0.6) is 0 Å². The Balaban J connectivity index is 2.26. The van der Waals surface area contributed by atoms with E-state index in [0.717, 1.165) is 19.0 Å². The number of rotatable bonds is 7. The fourth-order valence-electron chi connectivity index (χ4n) is 1.60. The molecule has 18 heavy (non-hydrogen) atoms. The lowest BCUT2D eigenvalue weighted by atomic mass is 10.2. The number of nitrogens with one attached hydrogen (secondary N) is 1. The Labute approximate surface area is 112 Å². The largest absolute Gasteiger partial charge is 0.314 e. The maximum Gasteiger partial charge on any atom is 0.155 e. The first-order valence-electron chi connectivity index (χ1n) is 6.84. The second-order valence-corrected chi connectivity index (χ2v) is 9.11. The van der Waals surface area contributed by atoms with Gasteiger partial charge < -0.3 is 5.32 Å². The van der Waals surface area contributed by atoms with Gasteiger partial charge in [-0.1, -0.05) is 11.6 Å². The van der Waals surface area contributed by atoms with E-state index in [1.54, 1.807) is 20.8 Å². The van der Waals surface area contributed by atoms with Crippen LogP contribution in [-0.4, -0.2) is 31.5 Å². The van der Waals surface area contributed by atoms with Gasteiger partial charge in [-0.25, -0.2) is 8.42 Å². The third kappa shape index (κ3) is 5.53. The molecular formula is C14H27NO2S. The van der Waals surface area contributed by atoms with E-state index >= 15 is 0 Å². The van der Waals surface area contributed by atoms with Gasteiger partial charge in [0.05, 0.1) is 10.5 Å². The summed E-state index contributed by atoms with van der Waals surface area (Å²) in [5.74, 6) is 0.259. The molecule has 0 heterocycles. The van der Waals surface area contributed by atoms with Crippen molar-refractivity contribution in [1.82, 2.24) is 5.32 Å². The van der Waals surface area contributed by atoms with Crippen LogP contribution in [0.2, 0.25) is 0 Å². The molecule has 0 atom stereocenters. The van der Waals surface area contributed by atoms with E-state index in [2.05, 4.69) is 11.4 Å². The van der Waals surface area contributed by atoms with Crippen LogP contribution in [0.1, 0.15) is 53.4 Å². The smallest absolute Gasteiger partial charge is 0.155 e. The number of hydrogen-bond donors (Lipinski definition) is 1. The Morgan fingerprint density at radius 3 is 2.44 bits per heavy atom. The van der Waals surface area contributed by atoms with E-state index < -0.39 is 14.6 Å². The van der Waals surface area contributed by atoms with Crippen molar-refractivity contribution in [3.63, 3.8) is 0 Å². The number of allylic oxidation sites excluding steroid dienone is 1. The minimum Gasteiger partial charge on any atom is -0.314 e. The average Bonchev–Trinajstić information content (AvgIpc) is 3.04. The Kier molecular flexibility index (Phi) is 5.41. The third-order valence-corrected chi connectivity index (χ3v) is 5.95. The SMILES string of the molecule is CC(=CCCNC1CC1)CCS(=O)(=O)C(C)(C)C. The summed E-state index contributed by atoms with van der Waals surface area (Å²) < 4.78 is 23.3. The molecule has 0 unspecified atom stereocenters. The molecule has 1 aliphatic rings. The first-order chi connectivity index (χ1) is 8.22. The van der Waals surface area contributed by atoms with Crippen LogP contribution in [0.4, 0.5) is 0 Å². The maximum atomic E-state index is 11.9. The van der Waals surface area contributed by atoms with E-state index in [-0.39, 0.29) is 5.75 Å². The predicted molar refractivity (Wildman–Crippen MR) is 77.6 cm³/mol. The van der Waals surface area contributed by atoms with Gasteiger partial charge in [-0.3, -0.25) is 0 Å². The van der Waals surface area contributed by atoms with Crippen molar-refractivity contribution >= 4 is 9.84 Å². The quantitative estimate of drug-likeness (QED) is 0.573. The molecule has 0 aliphatic heterocycles. The summed E-state index contributed by atoms with van der Waals surface area (Å²) in [4.78, 5) is 0. The van der Waals surface area contributed by atoms with Gasteiger partial charge in [0.15, 0.2) is 9.84 Å². The predicted octanol–water partition coefficient (Wildman–Crippen LogP) is 2.68. The zero-order valence-electron chi connectivity index (χ0n) is 12.1. The van der Waals surface area contributed by atoms with Crippen molar-refractivity contribution in [3.8, 4) is 0 Å². The summed E-state index contributed by atoms with van der Waals surface area (Å²) in [5.41, 5.74) is 1.18. The molecule has 0 aromatic carbocycles. The summed E-state index contributed by atoms with van der Waals surface area (Å²) in [7, 11) is -2.98. The summed E-state index contributed by atoms with van der Waals surface area (Å²) >= 11 is 0. The lowest BCUT2D eigenvalue weighted by Crippen LogP contribution is -2.30. The maximum absolute atomic E-state index is 11.9. The van der Waals surface area contributed by atoms with E-state index in [1.807, 2.05) is 6.92 Å². The topological polar surface area (TPSA) is 46.2 Å². The van der Waals surface area contributed by atoms with Crippen LogP contribution >= 0.6 is 0 Å². The summed E-state index contributed by atoms with van der Waals surface area (Å²) in [6, 6.07) is 0.750. The minimum absolute atomic E-state index is 0.259.